The normalized spacial score (nSPS) is 20.4. The van der Waals surface area contributed by atoms with Gasteiger partial charge in [0, 0.05) is 11.0 Å². The lowest BCUT2D eigenvalue weighted by Gasteiger charge is -2.27. The monoisotopic (exact) mass is 286 g/mol. The van der Waals surface area contributed by atoms with E-state index >= 15 is 0 Å². The number of hydrogen-bond acceptors (Lipinski definition) is 2. The van der Waals surface area contributed by atoms with Crippen molar-refractivity contribution in [2.75, 3.05) is 7.11 Å². The Bertz CT molecular complexity index is 518. The largest absolute Gasteiger partial charge is 0.497 e. The van der Waals surface area contributed by atoms with Gasteiger partial charge >= 0.3 is 0 Å². The quantitative estimate of drug-likeness (QED) is 0.498. The molecule has 0 aromatic heterocycles. The third-order valence-corrected chi connectivity index (χ3v) is 4.64. The third-order valence-electron chi connectivity index (χ3n) is 4.64. The van der Waals surface area contributed by atoms with Crippen LogP contribution in [0.3, 0.4) is 0 Å². The minimum Gasteiger partial charge on any atom is -0.497 e. The van der Waals surface area contributed by atoms with Gasteiger partial charge in [0.25, 0.3) is 0 Å². The van der Waals surface area contributed by atoms with E-state index in [9.17, 15) is 4.79 Å². The van der Waals surface area contributed by atoms with Crippen LogP contribution in [0.1, 0.15) is 61.4 Å². The summed E-state index contributed by atoms with van der Waals surface area (Å²) < 4.78 is 5.30. The number of carbonyl (C=O) groups is 1. The number of hydrogen-bond donors (Lipinski definition) is 0. The van der Waals surface area contributed by atoms with Crippen LogP contribution in [0.5, 0.6) is 5.75 Å². The van der Waals surface area contributed by atoms with E-state index in [1.165, 1.54) is 0 Å². The van der Waals surface area contributed by atoms with Gasteiger partial charge in [0.2, 0.25) is 0 Å². The molecule has 1 aliphatic rings. The molecular formula is C19H26O2. The summed E-state index contributed by atoms with van der Waals surface area (Å²) in [7, 11) is 1.67. The van der Waals surface area contributed by atoms with E-state index in [0.29, 0.717) is 5.78 Å². The first-order chi connectivity index (χ1) is 10.2. The Morgan fingerprint density at radius 3 is 2.76 bits per heavy atom. The van der Waals surface area contributed by atoms with Crippen molar-refractivity contribution in [1.82, 2.24) is 0 Å². The minimum absolute atomic E-state index is 0.187. The van der Waals surface area contributed by atoms with E-state index in [-0.39, 0.29) is 5.41 Å². The lowest BCUT2D eigenvalue weighted by molar-refractivity contribution is 0.0781. The molecular weight excluding hydrogens is 260 g/mol. The van der Waals surface area contributed by atoms with E-state index in [1.54, 1.807) is 7.11 Å². The van der Waals surface area contributed by atoms with Crippen molar-refractivity contribution in [2.45, 2.75) is 51.9 Å². The van der Waals surface area contributed by atoms with Crippen LogP contribution in [0.15, 0.2) is 30.9 Å². The van der Waals surface area contributed by atoms with E-state index in [4.69, 9.17) is 4.74 Å². The van der Waals surface area contributed by atoms with Crippen molar-refractivity contribution in [3.05, 3.63) is 42.0 Å². The molecule has 1 aromatic carbocycles. The summed E-state index contributed by atoms with van der Waals surface area (Å²) >= 11 is 0. The second-order valence-electron chi connectivity index (χ2n) is 6.09. The summed E-state index contributed by atoms with van der Waals surface area (Å²) in [6.07, 6.45) is 9.07. The molecule has 0 bridgehead atoms. The molecule has 2 heteroatoms. The summed E-state index contributed by atoms with van der Waals surface area (Å²) in [5.74, 6) is 1.19. The highest BCUT2D eigenvalue weighted by Crippen LogP contribution is 2.45. The van der Waals surface area contributed by atoms with Crippen molar-refractivity contribution >= 4 is 5.78 Å². The lowest BCUT2D eigenvalue weighted by atomic mass is 9.75. The fraction of sp³-hybridized carbons (Fsp3) is 0.526. The fourth-order valence-corrected chi connectivity index (χ4v) is 3.42. The van der Waals surface area contributed by atoms with Crippen molar-refractivity contribution < 1.29 is 9.53 Å². The highest BCUT2D eigenvalue weighted by atomic mass is 16.5. The molecule has 21 heavy (non-hydrogen) atoms. The molecule has 0 saturated heterocycles. The molecule has 0 heterocycles. The molecule has 1 unspecified atom stereocenters. The number of Topliss-reactive ketones (excluding diaryl/α,β-unsaturated/α-hetero) is 1. The molecule has 0 amide bonds. The predicted molar refractivity (Wildman–Crippen MR) is 87.0 cm³/mol. The first-order valence-electron chi connectivity index (χ1n) is 7.99. The molecule has 1 aliphatic carbocycles. The Morgan fingerprint density at radius 1 is 1.33 bits per heavy atom. The van der Waals surface area contributed by atoms with Crippen LogP contribution in [0.2, 0.25) is 0 Å². The zero-order chi connectivity index (χ0) is 15.3. The standard InChI is InChI=1S/C19H26O2/c1-4-6-8-12-19(11-7-5-2)14-15-13-16(21-3)9-10-17(15)18(19)20/h4,9-10,13H,1,5-8,11-12,14H2,2-3H3. The number of unbranched alkanes of at least 4 members (excludes halogenated alkanes) is 2. The maximum absolute atomic E-state index is 13.0. The molecule has 0 aliphatic heterocycles. The number of carbonyl (C=O) groups excluding carboxylic acids is 1. The van der Waals surface area contributed by atoms with E-state index < -0.39 is 0 Å². The second kappa shape index (κ2) is 6.93. The number of ether oxygens (including phenoxy) is 1. The fourth-order valence-electron chi connectivity index (χ4n) is 3.42. The Hall–Kier alpha value is -1.57. The number of ketones is 1. The predicted octanol–water partition coefficient (Wildman–Crippen LogP) is 4.97. The summed E-state index contributed by atoms with van der Waals surface area (Å²) in [4.78, 5) is 13.0. The van der Waals surface area contributed by atoms with Crippen LogP contribution in [-0.2, 0) is 6.42 Å². The zero-order valence-electron chi connectivity index (χ0n) is 13.3. The SMILES string of the molecule is C=CCCCC1(CCCC)Cc2cc(OC)ccc2C1=O. The summed E-state index contributed by atoms with van der Waals surface area (Å²) in [6.45, 7) is 5.98. The molecule has 2 rings (SSSR count). The first kappa shape index (κ1) is 15.8. The van der Waals surface area contributed by atoms with Gasteiger partial charge in [-0.05, 0) is 55.9 Å². The van der Waals surface area contributed by atoms with E-state index in [0.717, 1.165) is 61.8 Å². The summed E-state index contributed by atoms with van der Waals surface area (Å²) in [5.41, 5.74) is 1.88. The zero-order valence-corrected chi connectivity index (χ0v) is 13.3. The average Bonchev–Trinajstić information content (AvgIpc) is 2.78. The van der Waals surface area contributed by atoms with Crippen molar-refractivity contribution in [3.63, 3.8) is 0 Å². The van der Waals surface area contributed by atoms with Crippen LogP contribution in [0.4, 0.5) is 0 Å². The summed E-state index contributed by atoms with van der Waals surface area (Å²) in [5, 5.41) is 0. The van der Waals surface area contributed by atoms with Crippen LogP contribution in [0.25, 0.3) is 0 Å². The number of fused-ring (bicyclic) bond motifs is 1. The van der Waals surface area contributed by atoms with E-state index in [1.807, 2.05) is 24.3 Å². The van der Waals surface area contributed by atoms with Crippen LogP contribution >= 0.6 is 0 Å². The van der Waals surface area contributed by atoms with Gasteiger partial charge in [0.1, 0.15) is 5.75 Å². The molecule has 0 N–H and O–H groups in total. The smallest absolute Gasteiger partial charge is 0.169 e. The number of rotatable bonds is 8. The lowest BCUT2D eigenvalue weighted by Crippen LogP contribution is -2.28. The Morgan fingerprint density at radius 2 is 2.10 bits per heavy atom. The maximum atomic E-state index is 13.0. The van der Waals surface area contributed by atoms with Gasteiger partial charge in [-0.15, -0.1) is 6.58 Å². The van der Waals surface area contributed by atoms with Gasteiger partial charge in [0.15, 0.2) is 5.78 Å². The molecule has 0 saturated carbocycles. The van der Waals surface area contributed by atoms with Gasteiger partial charge in [0.05, 0.1) is 7.11 Å². The van der Waals surface area contributed by atoms with Gasteiger partial charge in [-0.25, -0.2) is 0 Å². The van der Waals surface area contributed by atoms with Gasteiger partial charge in [-0.3, -0.25) is 4.79 Å². The average molecular weight is 286 g/mol. The second-order valence-corrected chi connectivity index (χ2v) is 6.09. The van der Waals surface area contributed by atoms with Gasteiger partial charge in [-0.2, -0.15) is 0 Å². The molecule has 114 valence electrons. The minimum atomic E-state index is -0.187. The van der Waals surface area contributed by atoms with E-state index in [2.05, 4.69) is 13.5 Å². The molecule has 1 atom stereocenters. The number of benzene rings is 1. The topological polar surface area (TPSA) is 26.3 Å². The summed E-state index contributed by atoms with van der Waals surface area (Å²) in [6, 6.07) is 5.88. The van der Waals surface area contributed by atoms with Crippen molar-refractivity contribution in [2.24, 2.45) is 5.41 Å². The highest BCUT2D eigenvalue weighted by Gasteiger charge is 2.44. The molecule has 0 fully saturated rings. The first-order valence-corrected chi connectivity index (χ1v) is 7.99. The number of methoxy groups -OCH3 is 1. The Balaban J connectivity index is 2.25. The van der Waals surface area contributed by atoms with Crippen LogP contribution < -0.4 is 4.74 Å². The molecule has 1 aromatic rings. The molecule has 0 spiro atoms. The van der Waals surface area contributed by atoms with Crippen molar-refractivity contribution in [1.29, 1.82) is 0 Å². The number of allylic oxidation sites excluding steroid dienone is 1. The van der Waals surface area contributed by atoms with Crippen LogP contribution in [-0.4, -0.2) is 12.9 Å². The van der Waals surface area contributed by atoms with Crippen molar-refractivity contribution in [3.8, 4) is 5.75 Å². The maximum Gasteiger partial charge on any atom is 0.169 e. The van der Waals surface area contributed by atoms with Gasteiger partial charge in [-0.1, -0.05) is 25.8 Å². The Kier molecular flexibility index (Phi) is 5.22. The van der Waals surface area contributed by atoms with Gasteiger partial charge < -0.3 is 4.74 Å². The highest BCUT2D eigenvalue weighted by molar-refractivity contribution is 6.05. The molecule has 2 nitrogen and oxygen atoms in total. The molecule has 0 radical (unpaired) electrons. The van der Waals surface area contributed by atoms with Crippen LogP contribution in [0, 0.1) is 5.41 Å². The third kappa shape index (κ3) is 3.20. The Labute approximate surface area is 128 Å².